The summed E-state index contributed by atoms with van der Waals surface area (Å²) in [6.07, 6.45) is 12.0. The molecule has 0 radical (unpaired) electrons. The van der Waals surface area contributed by atoms with Crippen LogP contribution in [0.1, 0.15) is 69.8 Å². The van der Waals surface area contributed by atoms with Crippen LogP contribution < -0.4 is 11.1 Å². The van der Waals surface area contributed by atoms with Gasteiger partial charge in [0.05, 0.1) is 11.2 Å². The standard InChI is InChI=1S/C15H21NO.C8H15NO/c17-15(10-14(11-15)7-4-8-14)12-16-9-13-5-2-1-3-6-13;9-6-8(10)4-7(5-8)2-1-3-7/h1-3,5-6,16-17H,4,7-12H2;10H,1-6,9H2. The van der Waals surface area contributed by atoms with E-state index in [0.717, 1.165) is 38.8 Å². The van der Waals surface area contributed by atoms with E-state index in [1.54, 1.807) is 0 Å². The van der Waals surface area contributed by atoms with Gasteiger partial charge in [-0.2, -0.15) is 0 Å². The molecule has 1 aromatic carbocycles. The van der Waals surface area contributed by atoms with Crippen LogP contribution in [0.5, 0.6) is 0 Å². The van der Waals surface area contributed by atoms with Gasteiger partial charge in [0.1, 0.15) is 0 Å². The average molecular weight is 373 g/mol. The molecule has 0 bridgehead atoms. The summed E-state index contributed by atoms with van der Waals surface area (Å²) in [7, 11) is 0. The fourth-order valence-corrected chi connectivity index (χ4v) is 6.05. The molecule has 0 amide bonds. The Morgan fingerprint density at radius 2 is 1.33 bits per heavy atom. The van der Waals surface area contributed by atoms with Gasteiger partial charge < -0.3 is 21.3 Å². The van der Waals surface area contributed by atoms with E-state index in [9.17, 15) is 10.2 Å². The van der Waals surface area contributed by atoms with Crippen molar-refractivity contribution in [2.45, 2.75) is 82.0 Å². The van der Waals surface area contributed by atoms with Crippen molar-refractivity contribution in [3.63, 3.8) is 0 Å². The van der Waals surface area contributed by atoms with E-state index in [4.69, 9.17) is 5.73 Å². The fraction of sp³-hybridized carbons (Fsp3) is 0.739. The molecule has 4 aliphatic carbocycles. The lowest BCUT2D eigenvalue weighted by Crippen LogP contribution is -2.59. The lowest BCUT2D eigenvalue weighted by molar-refractivity contribution is -0.159. The zero-order valence-corrected chi connectivity index (χ0v) is 16.6. The summed E-state index contributed by atoms with van der Waals surface area (Å²) in [5.41, 5.74) is 6.91. The molecule has 0 heterocycles. The van der Waals surface area contributed by atoms with Crippen LogP contribution in [-0.4, -0.2) is 34.5 Å². The second kappa shape index (κ2) is 7.14. The van der Waals surface area contributed by atoms with E-state index >= 15 is 0 Å². The van der Waals surface area contributed by atoms with E-state index < -0.39 is 11.2 Å². The molecule has 150 valence electrons. The number of benzene rings is 1. The van der Waals surface area contributed by atoms with Crippen LogP contribution in [0.25, 0.3) is 0 Å². The van der Waals surface area contributed by atoms with Crippen LogP contribution in [0.2, 0.25) is 0 Å². The SMILES string of the molecule is NCC1(O)CC2(CCC2)C1.OC1(CNCc2ccccc2)CC2(CCC2)C1. The summed E-state index contributed by atoms with van der Waals surface area (Å²) in [6, 6.07) is 10.4. The first kappa shape index (κ1) is 19.4. The molecule has 4 aliphatic rings. The molecule has 4 saturated carbocycles. The van der Waals surface area contributed by atoms with Gasteiger partial charge in [-0.1, -0.05) is 43.2 Å². The highest BCUT2D eigenvalue weighted by Gasteiger charge is 2.56. The molecule has 27 heavy (non-hydrogen) atoms. The molecular weight excluding hydrogens is 336 g/mol. The third kappa shape index (κ3) is 4.09. The van der Waals surface area contributed by atoms with Crippen molar-refractivity contribution in [1.82, 2.24) is 5.32 Å². The molecule has 0 aromatic heterocycles. The van der Waals surface area contributed by atoms with Gasteiger partial charge in [0.2, 0.25) is 0 Å². The third-order valence-corrected chi connectivity index (χ3v) is 7.65. The summed E-state index contributed by atoms with van der Waals surface area (Å²) in [6.45, 7) is 2.05. The fourth-order valence-electron chi connectivity index (χ4n) is 6.05. The highest BCUT2D eigenvalue weighted by atomic mass is 16.3. The molecule has 2 spiro atoms. The number of aliphatic hydroxyl groups is 2. The largest absolute Gasteiger partial charge is 0.389 e. The normalized spacial score (nSPS) is 30.9. The lowest BCUT2D eigenvalue weighted by atomic mass is 9.50. The van der Waals surface area contributed by atoms with E-state index in [-0.39, 0.29) is 0 Å². The van der Waals surface area contributed by atoms with E-state index in [1.165, 1.54) is 44.1 Å². The van der Waals surface area contributed by atoms with Crippen LogP contribution >= 0.6 is 0 Å². The lowest BCUT2D eigenvalue weighted by Gasteiger charge is -2.58. The zero-order chi connectivity index (χ0) is 19.0. The highest BCUT2D eigenvalue weighted by molar-refractivity contribution is 5.15. The topological polar surface area (TPSA) is 78.5 Å². The summed E-state index contributed by atoms with van der Waals surface area (Å²) in [4.78, 5) is 0. The molecule has 4 nitrogen and oxygen atoms in total. The number of nitrogens with one attached hydrogen (secondary N) is 1. The predicted molar refractivity (Wildman–Crippen MR) is 108 cm³/mol. The van der Waals surface area contributed by atoms with Gasteiger partial charge in [-0.15, -0.1) is 0 Å². The Bertz CT molecular complexity index is 614. The molecule has 0 atom stereocenters. The summed E-state index contributed by atoms with van der Waals surface area (Å²) >= 11 is 0. The third-order valence-electron chi connectivity index (χ3n) is 7.65. The first-order chi connectivity index (χ1) is 12.9. The molecule has 0 aliphatic heterocycles. The Kier molecular flexibility index (Phi) is 5.13. The molecule has 5 N–H and O–H groups in total. The second-order valence-electron chi connectivity index (χ2n) is 10.2. The van der Waals surface area contributed by atoms with Crippen molar-refractivity contribution in [2.75, 3.05) is 13.1 Å². The molecule has 4 heteroatoms. The van der Waals surface area contributed by atoms with Crippen LogP contribution in [-0.2, 0) is 6.54 Å². The Balaban J connectivity index is 0.000000153. The Labute approximate surface area is 163 Å². The molecule has 1 aromatic rings. The van der Waals surface area contributed by atoms with Crippen molar-refractivity contribution in [2.24, 2.45) is 16.6 Å². The zero-order valence-electron chi connectivity index (χ0n) is 16.6. The Hall–Kier alpha value is -0.940. The minimum atomic E-state index is -0.472. The maximum atomic E-state index is 10.3. The average Bonchev–Trinajstić information content (AvgIpc) is 2.55. The highest BCUT2D eigenvalue weighted by Crippen LogP contribution is 2.60. The predicted octanol–water partition coefficient (Wildman–Crippen LogP) is 3.11. The minimum Gasteiger partial charge on any atom is -0.389 e. The summed E-state index contributed by atoms with van der Waals surface area (Å²) in [5, 5.41) is 23.3. The van der Waals surface area contributed by atoms with Gasteiger partial charge in [0, 0.05) is 19.6 Å². The van der Waals surface area contributed by atoms with E-state index in [1.807, 2.05) is 6.07 Å². The molecule has 0 saturated heterocycles. The van der Waals surface area contributed by atoms with Crippen LogP contribution in [0.3, 0.4) is 0 Å². The van der Waals surface area contributed by atoms with Crippen molar-refractivity contribution in [3.8, 4) is 0 Å². The maximum Gasteiger partial charge on any atom is 0.0782 e. The quantitative estimate of drug-likeness (QED) is 0.640. The second-order valence-corrected chi connectivity index (χ2v) is 10.2. The molecule has 0 unspecified atom stereocenters. The van der Waals surface area contributed by atoms with Gasteiger partial charge in [0.15, 0.2) is 0 Å². The maximum absolute atomic E-state index is 10.3. The van der Waals surface area contributed by atoms with E-state index in [0.29, 0.717) is 17.4 Å². The van der Waals surface area contributed by atoms with Crippen LogP contribution in [0.15, 0.2) is 30.3 Å². The first-order valence-corrected chi connectivity index (χ1v) is 10.8. The minimum absolute atomic E-state index is 0.421. The van der Waals surface area contributed by atoms with E-state index in [2.05, 4.69) is 29.6 Å². The van der Waals surface area contributed by atoms with Crippen molar-refractivity contribution in [3.05, 3.63) is 35.9 Å². The first-order valence-electron chi connectivity index (χ1n) is 10.8. The van der Waals surface area contributed by atoms with Gasteiger partial charge in [-0.3, -0.25) is 0 Å². The van der Waals surface area contributed by atoms with Gasteiger partial charge in [-0.05, 0) is 67.8 Å². The van der Waals surface area contributed by atoms with Gasteiger partial charge in [0.25, 0.3) is 0 Å². The number of hydrogen-bond acceptors (Lipinski definition) is 4. The monoisotopic (exact) mass is 372 g/mol. The Morgan fingerprint density at radius 1 is 0.815 bits per heavy atom. The Morgan fingerprint density at radius 3 is 1.78 bits per heavy atom. The smallest absolute Gasteiger partial charge is 0.0782 e. The van der Waals surface area contributed by atoms with Gasteiger partial charge >= 0.3 is 0 Å². The number of hydrogen-bond donors (Lipinski definition) is 4. The molecular formula is C23H36N2O2. The molecule has 5 rings (SSSR count). The summed E-state index contributed by atoms with van der Waals surface area (Å²) in [5.74, 6) is 0. The van der Waals surface area contributed by atoms with Crippen molar-refractivity contribution in [1.29, 1.82) is 0 Å². The van der Waals surface area contributed by atoms with Gasteiger partial charge in [-0.25, -0.2) is 0 Å². The number of rotatable bonds is 5. The molecule has 4 fully saturated rings. The summed E-state index contributed by atoms with van der Waals surface area (Å²) < 4.78 is 0. The van der Waals surface area contributed by atoms with Crippen molar-refractivity contribution < 1.29 is 10.2 Å². The van der Waals surface area contributed by atoms with Crippen LogP contribution in [0, 0.1) is 10.8 Å². The van der Waals surface area contributed by atoms with Crippen molar-refractivity contribution >= 4 is 0 Å². The number of nitrogens with two attached hydrogens (primary N) is 1. The van der Waals surface area contributed by atoms with Crippen LogP contribution in [0.4, 0.5) is 0 Å².